The van der Waals surface area contributed by atoms with Crippen molar-refractivity contribution in [3.63, 3.8) is 0 Å². The van der Waals surface area contributed by atoms with Crippen molar-refractivity contribution >= 4 is 29.3 Å². The molecule has 5 nitrogen and oxygen atoms in total. The molecule has 0 radical (unpaired) electrons. The first-order valence-electron chi connectivity index (χ1n) is 11.4. The Morgan fingerprint density at radius 1 is 1.03 bits per heavy atom. The molecule has 2 amide bonds. The van der Waals surface area contributed by atoms with Gasteiger partial charge in [0, 0.05) is 22.4 Å². The fraction of sp³-hybridized carbons (Fsp3) is 0.286. The van der Waals surface area contributed by atoms with E-state index in [4.69, 9.17) is 4.74 Å². The smallest absolute Gasteiger partial charge is 0.268 e. The highest BCUT2D eigenvalue weighted by molar-refractivity contribution is 8.02. The van der Waals surface area contributed by atoms with Crippen LogP contribution in [-0.4, -0.2) is 35.1 Å². The molecule has 0 saturated carbocycles. The zero-order valence-corrected chi connectivity index (χ0v) is 20.7. The van der Waals surface area contributed by atoms with E-state index in [1.54, 1.807) is 35.9 Å². The van der Waals surface area contributed by atoms with Gasteiger partial charge >= 0.3 is 0 Å². The Bertz CT molecular complexity index is 1290. The molecule has 1 atom stereocenters. The Kier molecular flexibility index (Phi) is 5.44. The molecule has 5 rings (SSSR count). The average molecular weight is 473 g/mol. The number of thioether (sulfide) groups is 1. The molecule has 174 valence electrons. The van der Waals surface area contributed by atoms with Crippen LogP contribution in [-0.2, 0) is 16.2 Å². The third-order valence-corrected chi connectivity index (χ3v) is 8.18. The predicted octanol–water partition coefficient (Wildman–Crippen LogP) is 5.37. The number of anilines is 1. The number of ether oxygens (including phenoxy) is 1. The fourth-order valence-electron chi connectivity index (χ4n) is 4.98. The fourth-order valence-corrected chi connectivity index (χ4v) is 6.71. The summed E-state index contributed by atoms with van der Waals surface area (Å²) in [6.45, 7) is 7.18. The molecule has 34 heavy (non-hydrogen) atoms. The number of hydrogen-bond donors (Lipinski definition) is 0. The molecular weight excluding hydrogens is 444 g/mol. The van der Waals surface area contributed by atoms with E-state index in [2.05, 4.69) is 32.9 Å². The van der Waals surface area contributed by atoms with Gasteiger partial charge in [0.05, 0.1) is 19.3 Å². The van der Waals surface area contributed by atoms with Crippen molar-refractivity contribution in [2.45, 2.75) is 36.9 Å². The van der Waals surface area contributed by atoms with Gasteiger partial charge in [0.15, 0.2) is 4.87 Å². The third kappa shape index (κ3) is 3.48. The van der Waals surface area contributed by atoms with Crippen molar-refractivity contribution in [1.29, 1.82) is 0 Å². The standard InChI is InChI=1S/C28H28N2O3S/c1-19-10-5-6-11-21(19)17-29-24-15-8-7-14-23(24)28(26(29)32)30(18-27(2,3)34-28)25(31)20-12-9-13-22(16-20)33-4/h5-16H,17-18H2,1-4H3/t28-/m1/s1. The van der Waals surface area contributed by atoms with E-state index < -0.39 is 4.87 Å². The van der Waals surface area contributed by atoms with Gasteiger partial charge in [-0.15, -0.1) is 11.8 Å². The van der Waals surface area contributed by atoms with Crippen molar-refractivity contribution < 1.29 is 14.3 Å². The number of rotatable bonds is 4. The van der Waals surface area contributed by atoms with Crippen molar-refractivity contribution in [2.24, 2.45) is 0 Å². The number of fused-ring (bicyclic) bond motifs is 2. The minimum Gasteiger partial charge on any atom is -0.497 e. The molecule has 2 aliphatic rings. The van der Waals surface area contributed by atoms with Gasteiger partial charge in [0.25, 0.3) is 11.8 Å². The largest absolute Gasteiger partial charge is 0.497 e. The molecule has 1 fully saturated rings. The van der Waals surface area contributed by atoms with Crippen molar-refractivity contribution in [1.82, 2.24) is 4.90 Å². The van der Waals surface area contributed by atoms with E-state index in [0.29, 0.717) is 24.4 Å². The zero-order valence-electron chi connectivity index (χ0n) is 19.9. The second-order valence-electron chi connectivity index (χ2n) is 9.46. The highest BCUT2D eigenvalue weighted by Gasteiger charge is 2.63. The van der Waals surface area contributed by atoms with Crippen LogP contribution in [0.5, 0.6) is 5.75 Å². The van der Waals surface area contributed by atoms with Gasteiger partial charge < -0.3 is 14.5 Å². The van der Waals surface area contributed by atoms with Crippen LogP contribution < -0.4 is 9.64 Å². The summed E-state index contributed by atoms with van der Waals surface area (Å²) >= 11 is 1.57. The summed E-state index contributed by atoms with van der Waals surface area (Å²) in [5.41, 5.74) is 4.48. The number of methoxy groups -OCH3 is 1. The number of carbonyl (C=O) groups excluding carboxylic acids is 2. The lowest BCUT2D eigenvalue weighted by Crippen LogP contribution is -2.50. The molecule has 0 aromatic heterocycles. The minimum absolute atomic E-state index is 0.0659. The lowest BCUT2D eigenvalue weighted by atomic mass is 10.0. The normalized spacial score (nSPS) is 20.6. The molecule has 6 heteroatoms. The van der Waals surface area contributed by atoms with Gasteiger partial charge in [-0.05, 0) is 56.2 Å². The summed E-state index contributed by atoms with van der Waals surface area (Å²) in [4.78, 5) is 30.8. The minimum atomic E-state index is -1.11. The van der Waals surface area contributed by atoms with Crippen molar-refractivity contribution in [3.05, 3.63) is 95.1 Å². The Morgan fingerprint density at radius 3 is 2.53 bits per heavy atom. The second kappa shape index (κ2) is 8.20. The van der Waals surface area contributed by atoms with Crippen LogP contribution in [0.2, 0.25) is 0 Å². The molecule has 2 heterocycles. The summed E-state index contributed by atoms with van der Waals surface area (Å²) < 4.78 is 5.05. The predicted molar refractivity (Wildman–Crippen MR) is 136 cm³/mol. The van der Waals surface area contributed by atoms with Crippen LogP contribution in [0.1, 0.15) is 40.9 Å². The number of para-hydroxylation sites is 1. The molecule has 1 saturated heterocycles. The number of benzene rings is 3. The maximum Gasteiger partial charge on any atom is 0.268 e. The molecule has 0 unspecified atom stereocenters. The van der Waals surface area contributed by atoms with Crippen LogP contribution >= 0.6 is 11.8 Å². The molecule has 0 aliphatic carbocycles. The molecular formula is C28H28N2O3S. The van der Waals surface area contributed by atoms with Crippen LogP contribution in [0.3, 0.4) is 0 Å². The first-order valence-corrected chi connectivity index (χ1v) is 12.2. The summed E-state index contributed by atoms with van der Waals surface area (Å²) in [7, 11) is 1.58. The summed E-state index contributed by atoms with van der Waals surface area (Å²) in [6.07, 6.45) is 0. The maximum absolute atomic E-state index is 14.3. The lowest BCUT2D eigenvalue weighted by molar-refractivity contribution is -0.123. The quantitative estimate of drug-likeness (QED) is 0.512. The number of nitrogens with zero attached hydrogens (tertiary/aromatic N) is 2. The molecule has 0 N–H and O–H groups in total. The summed E-state index contributed by atoms with van der Waals surface area (Å²) in [5, 5.41) is 0. The Hall–Kier alpha value is -3.25. The first-order chi connectivity index (χ1) is 16.3. The van der Waals surface area contributed by atoms with Gasteiger partial charge in [-0.2, -0.15) is 0 Å². The maximum atomic E-state index is 14.3. The molecule has 3 aromatic rings. The third-order valence-electron chi connectivity index (χ3n) is 6.59. The van der Waals surface area contributed by atoms with Gasteiger partial charge in [-0.1, -0.05) is 48.5 Å². The highest BCUT2D eigenvalue weighted by Crippen LogP contribution is 2.60. The number of hydrogen-bond acceptors (Lipinski definition) is 4. The van der Waals surface area contributed by atoms with Crippen molar-refractivity contribution in [2.75, 3.05) is 18.6 Å². The van der Waals surface area contributed by atoms with Crippen LogP contribution in [0.25, 0.3) is 0 Å². The van der Waals surface area contributed by atoms with E-state index in [-0.39, 0.29) is 16.6 Å². The van der Waals surface area contributed by atoms with E-state index in [1.165, 1.54) is 0 Å². The summed E-state index contributed by atoms with van der Waals surface area (Å²) in [5.74, 6) is 0.381. The van der Waals surface area contributed by atoms with Crippen molar-refractivity contribution in [3.8, 4) is 5.75 Å². The molecule has 1 spiro atoms. The van der Waals surface area contributed by atoms with Gasteiger partial charge in [0.2, 0.25) is 0 Å². The van der Waals surface area contributed by atoms with Crippen LogP contribution in [0, 0.1) is 6.92 Å². The van der Waals surface area contributed by atoms with Gasteiger partial charge in [-0.25, -0.2) is 0 Å². The Morgan fingerprint density at radius 2 is 1.76 bits per heavy atom. The van der Waals surface area contributed by atoms with E-state index >= 15 is 0 Å². The zero-order chi connectivity index (χ0) is 24.1. The van der Waals surface area contributed by atoms with Crippen LogP contribution in [0.15, 0.2) is 72.8 Å². The Balaban J connectivity index is 1.63. The Labute approximate surface area is 204 Å². The number of carbonyl (C=O) groups is 2. The number of amides is 2. The monoisotopic (exact) mass is 472 g/mol. The molecule has 0 bridgehead atoms. The van der Waals surface area contributed by atoms with E-state index in [1.807, 2.05) is 53.4 Å². The second-order valence-corrected chi connectivity index (χ2v) is 11.4. The van der Waals surface area contributed by atoms with Gasteiger partial charge in [-0.3, -0.25) is 9.59 Å². The van der Waals surface area contributed by atoms with E-state index in [0.717, 1.165) is 22.4 Å². The topological polar surface area (TPSA) is 49.9 Å². The first kappa shape index (κ1) is 22.5. The summed E-state index contributed by atoms with van der Waals surface area (Å²) in [6, 6.07) is 23.1. The average Bonchev–Trinajstić information content (AvgIpc) is 3.26. The highest BCUT2D eigenvalue weighted by atomic mass is 32.2. The van der Waals surface area contributed by atoms with Gasteiger partial charge in [0.1, 0.15) is 5.75 Å². The molecule has 2 aliphatic heterocycles. The number of aryl methyl sites for hydroxylation is 1. The molecule has 3 aromatic carbocycles. The SMILES string of the molecule is COc1cccc(C(=O)N2CC(C)(C)S[C@]23C(=O)N(Cc2ccccc2C)c2ccccc23)c1. The van der Waals surface area contributed by atoms with E-state index in [9.17, 15) is 9.59 Å². The van der Waals surface area contributed by atoms with Crippen LogP contribution in [0.4, 0.5) is 5.69 Å². The lowest BCUT2D eigenvalue weighted by Gasteiger charge is -2.33.